The summed E-state index contributed by atoms with van der Waals surface area (Å²) in [6.45, 7) is 3.54. The first-order valence-corrected chi connectivity index (χ1v) is 11.5. The number of hydrogen-bond acceptors (Lipinski definition) is 5. The number of carbonyl (C=O) groups excluding carboxylic acids is 2. The largest absolute Gasteiger partial charge is 0.337 e. The van der Waals surface area contributed by atoms with E-state index in [0.29, 0.717) is 25.8 Å². The van der Waals surface area contributed by atoms with Gasteiger partial charge in [-0.1, -0.05) is 19.8 Å². The van der Waals surface area contributed by atoms with E-state index in [4.69, 9.17) is 0 Å². The molecule has 8 heteroatoms. The molecule has 2 heterocycles. The Balaban J connectivity index is 2.03. The molecule has 7 nitrogen and oxygen atoms in total. The van der Waals surface area contributed by atoms with Gasteiger partial charge >= 0.3 is 0 Å². The molecule has 2 saturated heterocycles. The third-order valence-corrected chi connectivity index (χ3v) is 6.61. The average Bonchev–Trinajstić information content (AvgIpc) is 3.05. The molecule has 0 radical (unpaired) electrons. The first-order valence-electron chi connectivity index (χ1n) is 9.66. The quantitative estimate of drug-likeness (QED) is 0.557. The standard InChI is InChI=1S/C18H33N3O4S/c1-5-9-14-17-15(21(18(14)23)26(4,24)25)11-13-20(17)16(22)10-7-6-8-12-19(2)3/h14-15,17H,5-13H2,1-4H3/t14-,15+,17-/m1/s1. The maximum absolute atomic E-state index is 12.7. The molecule has 0 aromatic heterocycles. The minimum absolute atomic E-state index is 0.0617. The smallest absolute Gasteiger partial charge is 0.241 e. The summed E-state index contributed by atoms with van der Waals surface area (Å²) in [7, 11) is 0.474. The van der Waals surface area contributed by atoms with Crippen molar-refractivity contribution in [2.24, 2.45) is 5.92 Å². The van der Waals surface area contributed by atoms with E-state index in [1.807, 2.05) is 21.0 Å². The molecule has 26 heavy (non-hydrogen) atoms. The van der Waals surface area contributed by atoms with Crippen LogP contribution >= 0.6 is 0 Å². The van der Waals surface area contributed by atoms with Crippen LogP contribution in [-0.2, 0) is 19.6 Å². The van der Waals surface area contributed by atoms with Crippen molar-refractivity contribution in [3.63, 3.8) is 0 Å². The van der Waals surface area contributed by atoms with Gasteiger partial charge < -0.3 is 9.80 Å². The van der Waals surface area contributed by atoms with Crippen LogP contribution in [0.4, 0.5) is 0 Å². The predicted molar refractivity (Wildman–Crippen MR) is 101 cm³/mol. The second-order valence-electron chi connectivity index (χ2n) is 7.84. The fourth-order valence-electron chi connectivity index (χ4n) is 4.34. The predicted octanol–water partition coefficient (Wildman–Crippen LogP) is 1.30. The van der Waals surface area contributed by atoms with Crippen LogP contribution in [0.25, 0.3) is 0 Å². The molecule has 0 N–H and O–H groups in total. The Bertz CT molecular complexity index is 620. The first kappa shape index (κ1) is 21.2. The zero-order chi connectivity index (χ0) is 19.5. The normalized spacial score (nSPS) is 26.0. The molecule has 0 unspecified atom stereocenters. The number of rotatable bonds is 9. The van der Waals surface area contributed by atoms with E-state index in [0.717, 1.165) is 42.8 Å². The molecule has 0 saturated carbocycles. The molecule has 2 amide bonds. The maximum atomic E-state index is 12.7. The highest BCUT2D eigenvalue weighted by Gasteiger charge is 2.56. The SMILES string of the molecule is CCC[C@H]1C(=O)N(S(C)(=O)=O)[C@H]2CCN(C(=O)CCCCCN(C)C)[C@H]12. The van der Waals surface area contributed by atoms with Crippen molar-refractivity contribution in [3.8, 4) is 0 Å². The summed E-state index contributed by atoms with van der Waals surface area (Å²) in [4.78, 5) is 29.3. The molecule has 0 bridgehead atoms. The Labute approximate surface area is 157 Å². The van der Waals surface area contributed by atoms with Gasteiger partial charge in [-0.15, -0.1) is 0 Å². The summed E-state index contributed by atoms with van der Waals surface area (Å²) < 4.78 is 25.3. The van der Waals surface area contributed by atoms with Crippen LogP contribution in [0, 0.1) is 5.92 Å². The summed E-state index contributed by atoms with van der Waals surface area (Å²) in [5.41, 5.74) is 0. The van der Waals surface area contributed by atoms with E-state index in [1.165, 1.54) is 0 Å². The van der Waals surface area contributed by atoms with Crippen molar-refractivity contribution in [1.82, 2.24) is 14.1 Å². The van der Waals surface area contributed by atoms with Crippen molar-refractivity contribution in [2.75, 3.05) is 33.4 Å². The third-order valence-electron chi connectivity index (χ3n) is 5.44. The lowest BCUT2D eigenvalue weighted by Crippen LogP contribution is -2.43. The first-order chi connectivity index (χ1) is 12.2. The molecule has 0 aliphatic carbocycles. The summed E-state index contributed by atoms with van der Waals surface area (Å²) >= 11 is 0. The molecule has 0 spiro atoms. The zero-order valence-electron chi connectivity index (χ0n) is 16.5. The van der Waals surface area contributed by atoms with Crippen molar-refractivity contribution >= 4 is 21.8 Å². The van der Waals surface area contributed by atoms with E-state index < -0.39 is 10.0 Å². The number of amides is 2. The van der Waals surface area contributed by atoms with Crippen molar-refractivity contribution in [2.45, 2.75) is 64.0 Å². The number of hydrogen-bond donors (Lipinski definition) is 0. The molecule has 2 rings (SSSR count). The van der Waals surface area contributed by atoms with Gasteiger partial charge in [0.2, 0.25) is 21.8 Å². The van der Waals surface area contributed by atoms with Crippen LogP contribution in [0.1, 0.15) is 51.9 Å². The second-order valence-corrected chi connectivity index (χ2v) is 9.70. The minimum Gasteiger partial charge on any atom is -0.337 e. The van der Waals surface area contributed by atoms with Gasteiger partial charge in [-0.25, -0.2) is 12.7 Å². The Kier molecular flexibility index (Phi) is 7.07. The Morgan fingerprint density at radius 2 is 1.92 bits per heavy atom. The molecule has 150 valence electrons. The van der Waals surface area contributed by atoms with Crippen LogP contribution in [-0.4, -0.2) is 79.9 Å². The highest BCUT2D eigenvalue weighted by atomic mass is 32.2. The number of unbranched alkanes of at least 4 members (excludes halogenated alkanes) is 2. The Morgan fingerprint density at radius 3 is 2.50 bits per heavy atom. The van der Waals surface area contributed by atoms with Gasteiger partial charge in [-0.3, -0.25) is 9.59 Å². The monoisotopic (exact) mass is 387 g/mol. The van der Waals surface area contributed by atoms with Crippen LogP contribution in [0.3, 0.4) is 0 Å². The average molecular weight is 388 g/mol. The second kappa shape index (κ2) is 8.69. The van der Waals surface area contributed by atoms with Crippen LogP contribution < -0.4 is 0 Å². The highest BCUT2D eigenvalue weighted by Crippen LogP contribution is 2.40. The zero-order valence-corrected chi connectivity index (χ0v) is 17.3. The Hall–Kier alpha value is -1.15. The number of sulfonamides is 1. The van der Waals surface area contributed by atoms with Gasteiger partial charge in [-0.2, -0.15) is 0 Å². The van der Waals surface area contributed by atoms with Crippen molar-refractivity contribution in [1.29, 1.82) is 0 Å². The molecule has 2 aliphatic rings. The van der Waals surface area contributed by atoms with Crippen molar-refractivity contribution < 1.29 is 18.0 Å². The molecular weight excluding hydrogens is 354 g/mol. The number of nitrogens with zero attached hydrogens (tertiary/aromatic N) is 3. The third kappa shape index (κ3) is 4.57. The number of likely N-dealkylation sites (tertiary alicyclic amines) is 1. The van der Waals surface area contributed by atoms with Gasteiger partial charge in [0.25, 0.3) is 0 Å². The summed E-state index contributed by atoms with van der Waals surface area (Å²) in [6.07, 6.45) is 6.43. The van der Waals surface area contributed by atoms with Crippen molar-refractivity contribution in [3.05, 3.63) is 0 Å². The van der Waals surface area contributed by atoms with E-state index in [2.05, 4.69) is 4.90 Å². The number of carbonyl (C=O) groups is 2. The van der Waals surface area contributed by atoms with Gasteiger partial charge in [0, 0.05) is 13.0 Å². The topological polar surface area (TPSA) is 78.0 Å². The minimum atomic E-state index is -3.60. The van der Waals surface area contributed by atoms with Crippen LogP contribution in [0.2, 0.25) is 0 Å². The van der Waals surface area contributed by atoms with Gasteiger partial charge in [-0.05, 0) is 46.3 Å². The van der Waals surface area contributed by atoms with Gasteiger partial charge in [0.15, 0.2) is 0 Å². The van der Waals surface area contributed by atoms with Crippen LogP contribution in [0.15, 0.2) is 0 Å². The summed E-state index contributed by atoms with van der Waals surface area (Å²) in [5, 5.41) is 0. The lowest BCUT2D eigenvalue weighted by atomic mass is 9.94. The molecule has 2 fully saturated rings. The summed E-state index contributed by atoms with van der Waals surface area (Å²) in [5.74, 6) is -0.653. The van der Waals surface area contributed by atoms with Crippen LogP contribution in [0.5, 0.6) is 0 Å². The molecule has 2 aliphatic heterocycles. The fourth-order valence-corrected chi connectivity index (χ4v) is 5.53. The number of fused-ring (bicyclic) bond motifs is 1. The highest BCUT2D eigenvalue weighted by molar-refractivity contribution is 7.88. The molecule has 0 aromatic rings. The Morgan fingerprint density at radius 1 is 1.23 bits per heavy atom. The maximum Gasteiger partial charge on any atom is 0.241 e. The van der Waals surface area contributed by atoms with E-state index in [-0.39, 0.29) is 29.8 Å². The van der Waals surface area contributed by atoms with Gasteiger partial charge in [0.05, 0.1) is 24.3 Å². The lowest BCUT2D eigenvalue weighted by molar-refractivity contribution is -0.134. The fraction of sp³-hybridized carbons (Fsp3) is 0.889. The molecule has 3 atom stereocenters. The van der Waals surface area contributed by atoms with E-state index in [9.17, 15) is 18.0 Å². The molecular formula is C18H33N3O4S. The summed E-state index contributed by atoms with van der Waals surface area (Å²) in [6, 6.07) is -0.668. The molecule has 0 aromatic carbocycles. The van der Waals surface area contributed by atoms with E-state index >= 15 is 0 Å². The van der Waals surface area contributed by atoms with Gasteiger partial charge in [0.1, 0.15) is 0 Å². The van der Waals surface area contributed by atoms with E-state index in [1.54, 1.807) is 4.90 Å². The lowest BCUT2D eigenvalue weighted by Gasteiger charge is -2.27.